The number of hydrogen-bond donors (Lipinski definition) is 0. The maximum absolute atomic E-state index is 14.2. The second-order valence-corrected chi connectivity index (χ2v) is 6.16. The summed E-state index contributed by atoms with van der Waals surface area (Å²) in [5, 5.41) is 0. The van der Waals surface area contributed by atoms with Crippen LogP contribution in [0, 0.1) is 24.4 Å². The molecule has 0 radical (unpaired) electrons. The maximum atomic E-state index is 14.2. The minimum absolute atomic E-state index is 0.0969. The van der Waals surface area contributed by atoms with Gasteiger partial charge in [0.15, 0.2) is 11.6 Å². The van der Waals surface area contributed by atoms with E-state index >= 15 is 0 Å². The molecule has 0 amide bonds. The molecule has 3 aromatic carbocycles. The highest BCUT2D eigenvalue weighted by atomic mass is 19.2. The van der Waals surface area contributed by atoms with Gasteiger partial charge in [0.2, 0.25) is 0 Å². The number of halogens is 3. The van der Waals surface area contributed by atoms with E-state index in [9.17, 15) is 13.2 Å². The first-order valence-corrected chi connectivity index (χ1v) is 8.44. The molecule has 0 atom stereocenters. The first-order valence-electron chi connectivity index (χ1n) is 8.44. The van der Waals surface area contributed by atoms with Crippen molar-refractivity contribution in [2.75, 3.05) is 0 Å². The average molecular weight is 356 g/mol. The number of ether oxygens (including phenoxy) is 1. The van der Waals surface area contributed by atoms with Crippen molar-refractivity contribution in [1.82, 2.24) is 0 Å². The molecule has 0 N–H and O–H groups in total. The zero-order valence-electron chi connectivity index (χ0n) is 14.7. The van der Waals surface area contributed by atoms with Crippen molar-refractivity contribution in [3.05, 3.63) is 88.7 Å². The highest BCUT2D eigenvalue weighted by molar-refractivity contribution is 5.65. The zero-order chi connectivity index (χ0) is 18.7. The highest BCUT2D eigenvalue weighted by Crippen LogP contribution is 2.28. The molecule has 0 saturated heterocycles. The molecule has 0 aromatic heterocycles. The molecule has 134 valence electrons. The van der Waals surface area contributed by atoms with Gasteiger partial charge in [0, 0.05) is 11.1 Å². The summed E-state index contributed by atoms with van der Waals surface area (Å²) in [7, 11) is 0. The molecule has 0 heterocycles. The Balaban J connectivity index is 1.75. The predicted octanol–water partition coefficient (Wildman–Crippen LogP) is 6.22. The average Bonchev–Trinajstić information content (AvgIpc) is 2.64. The van der Waals surface area contributed by atoms with E-state index in [1.807, 2.05) is 13.0 Å². The van der Waals surface area contributed by atoms with E-state index in [1.165, 1.54) is 6.07 Å². The fraction of sp³-hybridized carbons (Fsp3) is 0.182. The molecule has 4 heteroatoms. The van der Waals surface area contributed by atoms with E-state index < -0.39 is 11.6 Å². The SMILES string of the molecule is CCc1ccc(-c2ccc(OCc3ccc(C)cc3F)cc2)c(F)c1F. The Hall–Kier alpha value is -2.75. The van der Waals surface area contributed by atoms with Crippen LogP contribution < -0.4 is 4.74 Å². The van der Waals surface area contributed by atoms with Gasteiger partial charge >= 0.3 is 0 Å². The molecule has 0 bridgehead atoms. The molecule has 0 spiro atoms. The van der Waals surface area contributed by atoms with Gasteiger partial charge in [0.05, 0.1) is 0 Å². The minimum atomic E-state index is -0.847. The van der Waals surface area contributed by atoms with Crippen molar-refractivity contribution in [3.8, 4) is 16.9 Å². The molecule has 0 saturated carbocycles. The fourth-order valence-electron chi connectivity index (χ4n) is 2.75. The lowest BCUT2D eigenvalue weighted by atomic mass is 10.0. The van der Waals surface area contributed by atoms with Crippen molar-refractivity contribution >= 4 is 0 Å². The summed E-state index contributed by atoms with van der Waals surface area (Å²) >= 11 is 0. The Kier molecular flexibility index (Phi) is 5.31. The van der Waals surface area contributed by atoms with Crippen LogP contribution in [-0.2, 0) is 13.0 Å². The molecule has 3 aromatic rings. The summed E-state index contributed by atoms with van der Waals surface area (Å²) in [6, 6.07) is 14.8. The summed E-state index contributed by atoms with van der Waals surface area (Å²) in [5.74, 6) is -1.44. The van der Waals surface area contributed by atoms with Crippen LogP contribution in [0.15, 0.2) is 54.6 Å². The lowest BCUT2D eigenvalue weighted by Gasteiger charge is -2.10. The van der Waals surface area contributed by atoms with Crippen LogP contribution in [0.25, 0.3) is 11.1 Å². The Labute approximate surface area is 151 Å². The Morgan fingerprint density at radius 1 is 0.808 bits per heavy atom. The van der Waals surface area contributed by atoms with Gasteiger partial charge in [-0.15, -0.1) is 0 Å². The van der Waals surface area contributed by atoms with Crippen LogP contribution >= 0.6 is 0 Å². The Morgan fingerprint density at radius 2 is 1.50 bits per heavy atom. The molecule has 26 heavy (non-hydrogen) atoms. The van der Waals surface area contributed by atoms with E-state index in [1.54, 1.807) is 49.4 Å². The van der Waals surface area contributed by atoms with Crippen LogP contribution in [0.1, 0.15) is 23.6 Å². The zero-order valence-corrected chi connectivity index (χ0v) is 14.7. The lowest BCUT2D eigenvalue weighted by molar-refractivity contribution is 0.300. The Morgan fingerprint density at radius 3 is 2.15 bits per heavy atom. The van der Waals surface area contributed by atoms with Gasteiger partial charge < -0.3 is 4.74 Å². The first-order chi connectivity index (χ1) is 12.5. The molecule has 0 aliphatic rings. The summed E-state index contributed by atoms with van der Waals surface area (Å²) in [6.07, 6.45) is 0.436. The molecule has 3 rings (SSSR count). The van der Waals surface area contributed by atoms with E-state index in [0.29, 0.717) is 28.9 Å². The fourth-order valence-corrected chi connectivity index (χ4v) is 2.75. The normalized spacial score (nSPS) is 10.8. The summed E-state index contributed by atoms with van der Waals surface area (Å²) in [5.41, 5.74) is 2.42. The van der Waals surface area contributed by atoms with E-state index in [4.69, 9.17) is 4.74 Å². The minimum Gasteiger partial charge on any atom is -0.489 e. The van der Waals surface area contributed by atoms with Gasteiger partial charge in [0.25, 0.3) is 0 Å². The number of benzene rings is 3. The molecule has 0 aliphatic carbocycles. The Bertz CT molecular complexity index is 917. The van der Waals surface area contributed by atoms with Crippen molar-refractivity contribution in [2.24, 2.45) is 0 Å². The van der Waals surface area contributed by atoms with E-state index in [0.717, 1.165) is 5.56 Å². The van der Waals surface area contributed by atoms with Gasteiger partial charge in [-0.2, -0.15) is 0 Å². The van der Waals surface area contributed by atoms with Gasteiger partial charge in [0.1, 0.15) is 18.2 Å². The van der Waals surface area contributed by atoms with Gasteiger partial charge in [-0.25, -0.2) is 13.2 Å². The summed E-state index contributed by atoms with van der Waals surface area (Å²) in [4.78, 5) is 0. The third kappa shape index (κ3) is 3.74. The number of aryl methyl sites for hydroxylation is 2. The third-order valence-electron chi connectivity index (χ3n) is 4.31. The largest absolute Gasteiger partial charge is 0.489 e. The van der Waals surface area contributed by atoms with Gasteiger partial charge in [-0.1, -0.05) is 43.3 Å². The first kappa shape index (κ1) is 18.1. The van der Waals surface area contributed by atoms with Crippen LogP contribution in [-0.4, -0.2) is 0 Å². The molecule has 0 fully saturated rings. The van der Waals surface area contributed by atoms with Gasteiger partial charge in [-0.05, 0) is 48.2 Å². The van der Waals surface area contributed by atoms with Crippen molar-refractivity contribution in [2.45, 2.75) is 26.9 Å². The molecular weight excluding hydrogens is 337 g/mol. The van der Waals surface area contributed by atoms with Gasteiger partial charge in [-0.3, -0.25) is 0 Å². The topological polar surface area (TPSA) is 9.23 Å². The lowest BCUT2D eigenvalue weighted by Crippen LogP contribution is -1.99. The molecule has 0 aliphatic heterocycles. The second kappa shape index (κ2) is 7.65. The van der Waals surface area contributed by atoms with Crippen LogP contribution in [0.3, 0.4) is 0 Å². The highest BCUT2D eigenvalue weighted by Gasteiger charge is 2.13. The molecule has 1 nitrogen and oxygen atoms in total. The summed E-state index contributed by atoms with van der Waals surface area (Å²) in [6.45, 7) is 3.70. The van der Waals surface area contributed by atoms with E-state index in [2.05, 4.69) is 0 Å². The van der Waals surface area contributed by atoms with Crippen molar-refractivity contribution < 1.29 is 17.9 Å². The maximum Gasteiger partial charge on any atom is 0.166 e. The number of rotatable bonds is 5. The van der Waals surface area contributed by atoms with Crippen LogP contribution in [0.4, 0.5) is 13.2 Å². The quantitative estimate of drug-likeness (QED) is 0.527. The second-order valence-electron chi connectivity index (χ2n) is 6.16. The van der Waals surface area contributed by atoms with Crippen LogP contribution in [0.5, 0.6) is 5.75 Å². The molecule has 0 unspecified atom stereocenters. The smallest absolute Gasteiger partial charge is 0.166 e. The third-order valence-corrected chi connectivity index (χ3v) is 4.31. The van der Waals surface area contributed by atoms with E-state index in [-0.39, 0.29) is 18.0 Å². The predicted molar refractivity (Wildman–Crippen MR) is 96.6 cm³/mol. The number of hydrogen-bond acceptors (Lipinski definition) is 1. The molecular formula is C22H19F3O. The standard InChI is InChI=1S/C22H19F3O/c1-3-15-8-11-19(22(25)21(15)24)16-6-9-18(10-7-16)26-13-17-5-4-14(2)12-20(17)23/h4-12H,3,13H2,1-2H3. The van der Waals surface area contributed by atoms with Crippen molar-refractivity contribution in [1.29, 1.82) is 0 Å². The van der Waals surface area contributed by atoms with Crippen molar-refractivity contribution in [3.63, 3.8) is 0 Å². The monoisotopic (exact) mass is 356 g/mol. The summed E-state index contributed by atoms with van der Waals surface area (Å²) < 4.78 is 47.6. The van der Waals surface area contributed by atoms with Crippen LogP contribution in [0.2, 0.25) is 0 Å².